The van der Waals surface area contributed by atoms with Crippen molar-refractivity contribution in [3.8, 4) is 0 Å². The quantitative estimate of drug-likeness (QED) is 0.267. The molecular formula is C34H37ClN6O3. The molecule has 2 saturated heterocycles. The number of aromatic amines is 1. The lowest BCUT2D eigenvalue weighted by Gasteiger charge is -2.43. The van der Waals surface area contributed by atoms with Crippen LogP contribution in [0.15, 0.2) is 85.1 Å². The number of piperidine rings is 1. The molecule has 4 N–H and O–H groups in total. The second-order valence-corrected chi connectivity index (χ2v) is 12.1. The molecule has 44 heavy (non-hydrogen) atoms. The molecule has 10 heteroatoms. The lowest BCUT2D eigenvalue weighted by molar-refractivity contribution is -0.140. The lowest BCUT2D eigenvalue weighted by atomic mass is 9.85. The van der Waals surface area contributed by atoms with Crippen molar-refractivity contribution >= 4 is 45.9 Å². The van der Waals surface area contributed by atoms with E-state index in [0.29, 0.717) is 57.0 Å². The fraction of sp³-hybridized carbons (Fsp3) is 0.324. The van der Waals surface area contributed by atoms with Crippen LogP contribution in [0.2, 0.25) is 5.02 Å². The maximum Gasteiger partial charge on any atom is 0.250 e. The largest absolute Gasteiger partial charge is 0.361 e. The molecule has 1 aromatic heterocycles. The third kappa shape index (κ3) is 6.02. The van der Waals surface area contributed by atoms with Gasteiger partial charge in [-0.05, 0) is 67.1 Å². The number of anilines is 1. The Kier molecular flexibility index (Phi) is 8.59. The number of nitrogens with one attached hydrogen (secondary N) is 2. The maximum absolute atomic E-state index is 14.0. The van der Waals surface area contributed by atoms with E-state index in [1.54, 1.807) is 21.9 Å². The van der Waals surface area contributed by atoms with Gasteiger partial charge in [-0.2, -0.15) is 0 Å². The first-order valence-electron chi connectivity index (χ1n) is 15.1. The van der Waals surface area contributed by atoms with Crippen LogP contribution in [0.3, 0.4) is 0 Å². The van der Waals surface area contributed by atoms with Gasteiger partial charge < -0.3 is 30.7 Å². The van der Waals surface area contributed by atoms with E-state index in [-0.39, 0.29) is 24.3 Å². The average molecular weight is 613 g/mol. The van der Waals surface area contributed by atoms with Gasteiger partial charge in [-0.1, -0.05) is 60.1 Å². The van der Waals surface area contributed by atoms with Gasteiger partial charge in [0.25, 0.3) is 5.91 Å². The van der Waals surface area contributed by atoms with Gasteiger partial charge in [0.15, 0.2) is 0 Å². The Labute approximate surface area is 261 Å². The van der Waals surface area contributed by atoms with Crippen LogP contribution in [0.5, 0.6) is 0 Å². The molecule has 2 aliphatic rings. The Morgan fingerprint density at radius 3 is 2.43 bits per heavy atom. The summed E-state index contributed by atoms with van der Waals surface area (Å²) in [6.45, 7) is 1.58. The zero-order valence-corrected chi connectivity index (χ0v) is 25.3. The summed E-state index contributed by atoms with van der Waals surface area (Å²) in [5.74, 6) is -0.396. The van der Waals surface area contributed by atoms with E-state index in [1.807, 2.05) is 66.9 Å². The summed E-state index contributed by atoms with van der Waals surface area (Å²) in [4.78, 5) is 49.1. The molecule has 3 aromatic carbocycles. The van der Waals surface area contributed by atoms with Gasteiger partial charge in [-0.3, -0.25) is 14.4 Å². The predicted molar refractivity (Wildman–Crippen MR) is 172 cm³/mol. The molecule has 0 radical (unpaired) electrons. The Morgan fingerprint density at radius 1 is 0.977 bits per heavy atom. The zero-order valence-electron chi connectivity index (χ0n) is 24.5. The van der Waals surface area contributed by atoms with E-state index < -0.39 is 11.6 Å². The van der Waals surface area contributed by atoms with Gasteiger partial charge in [0.05, 0.1) is 12.7 Å². The normalized spacial score (nSPS) is 17.0. The van der Waals surface area contributed by atoms with Crippen LogP contribution in [-0.4, -0.2) is 76.9 Å². The third-order valence-corrected chi connectivity index (χ3v) is 9.15. The van der Waals surface area contributed by atoms with Crippen molar-refractivity contribution in [2.45, 2.75) is 37.3 Å². The molecule has 1 spiro atoms. The van der Waals surface area contributed by atoms with E-state index in [4.69, 9.17) is 17.3 Å². The second-order valence-electron chi connectivity index (χ2n) is 11.7. The summed E-state index contributed by atoms with van der Waals surface area (Å²) in [5.41, 5.74) is 9.57. The molecule has 0 bridgehead atoms. The van der Waals surface area contributed by atoms with Crippen molar-refractivity contribution in [1.82, 2.24) is 20.1 Å². The summed E-state index contributed by atoms with van der Waals surface area (Å²) in [7, 11) is 0. The van der Waals surface area contributed by atoms with Crippen LogP contribution >= 0.6 is 11.6 Å². The number of hydrogen-bond acceptors (Lipinski definition) is 5. The molecule has 9 nitrogen and oxygen atoms in total. The highest BCUT2D eigenvalue weighted by Gasteiger charge is 2.54. The molecule has 0 saturated carbocycles. The Balaban J connectivity index is 1.09. The van der Waals surface area contributed by atoms with E-state index in [2.05, 4.69) is 21.3 Å². The third-order valence-electron chi connectivity index (χ3n) is 8.90. The number of hydrogen-bond donors (Lipinski definition) is 3. The summed E-state index contributed by atoms with van der Waals surface area (Å²) < 4.78 is 0. The van der Waals surface area contributed by atoms with E-state index in [9.17, 15) is 14.4 Å². The molecule has 2 fully saturated rings. The number of carbonyl (C=O) groups excluding carboxylic acids is 3. The predicted octanol–water partition coefficient (Wildman–Crippen LogP) is 3.72. The monoisotopic (exact) mass is 612 g/mol. The Morgan fingerprint density at radius 2 is 1.68 bits per heavy atom. The van der Waals surface area contributed by atoms with Crippen molar-refractivity contribution < 1.29 is 14.4 Å². The number of H-pyrrole nitrogens is 1. The Hall–Kier alpha value is -4.34. The molecule has 2 aliphatic heterocycles. The number of likely N-dealkylation sites (tertiary alicyclic amines) is 1. The topological polar surface area (TPSA) is 115 Å². The molecule has 228 valence electrons. The van der Waals surface area contributed by atoms with Gasteiger partial charge in [0.2, 0.25) is 11.8 Å². The molecule has 3 heterocycles. The molecular weight excluding hydrogens is 576 g/mol. The van der Waals surface area contributed by atoms with Gasteiger partial charge in [-0.15, -0.1) is 0 Å². The zero-order chi connectivity index (χ0) is 30.7. The van der Waals surface area contributed by atoms with E-state index in [1.165, 1.54) is 0 Å². The lowest BCUT2D eigenvalue weighted by Crippen LogP contribution is -2.59. The highest BCUT2D eigenvalue weighted by atomic mass is 35.5. The van der Waals surface area contributed by atoms with Crippen molar-refractivity contribution in [3.05, 3.63) is 101 Å². The highest BCUT2D eigenvalue weighted by Crippen LogP contribution is 2.39. The number of nitrogens with zero attached hydrogens (tertiary/aromatic N) is 3. The minimum Gasteiger partial charge on any atom is -0.361 e. The number of rotatable bonds is 9. The van der Waals surface area contributed by atoms with Gasteiger partial charge in [-0.25, -0.2) is 0 Å². The summed E-state index contributed by atoms with van der Waals surface area (Å²) in [6.07, 6.45) is 3.99. The van der Waals surface area contributed by atoms with Crippen molar-refractivity contribution in [3.63, 3.8) is 0 Å². The fourth-order valence-electron chi connectivity index (χ4n) is 6.52. The molecule has 0 aliphatic carbocycles. The van der Waals surface area contributed by atoms with Crippen LogP contribution in [0.4, 0.5) is 5.69 Å². The summed E-state index contributed by atoms with van der Waals surface area (Å²) >= 11 is 5.99. The van der Waals surface area contributed by atoms with E-state index >= 15 is 0 Å². The molecule has 3 amide bonds. The summed E-state index contributed by atoms with van der Waals surface area (Å²) in [6, 6.07) is 24.5. The molecule has 1 atom stereocenters. The van der Waals surface area contributed by atoms with Crippen molar-refractivity contribution in [1.29, 1.82) is 0 Å². The summed E-state index contributed by atoms with van der Waals surface area (Å²) in [5, 5.41) is 4.78. The number of halogens is 1. The minimum atomic E-state index is -0.831. The maximum atomic E-state index is 14.0. The first-order chi connectivity index (χ1) is 21.3. The number of benzene rings is 3. The standard InChI is InChI=1S/C34H37ClN6O3/c35-26-12-10-24(11-13-26)20-29(36)32(43)39-18-15-34(16-19-39)33(44)40(23-41(34)27-6-2-1-3-7-27)22-31(42)37-17-14-25-21-38-30-9-5-4-8-28(25)30/h1-13,21,29,38H,14-20,22-23,36H2,(H,37,42)/t29-/m1/s1. The molecule has 6 rings (SSSR count). The number of para-hydroxylation sites is 2. The van der Waals surface area contributed by atoms with Gasteiger partial charge >= 0.3 is 0 Å². The van der Waals surface area contributed by atoms with E-state index in [0.717, 1.165) is 27.7 Å². The molecule has 0 unspecified atom stereocenters. The number of carbonyl (C=O) groups is 3. The van der Waals surface area contributed by atoms with Gasteiger partial charge in [0.1, 0.15) is 12.1 Å². The average Bonchev–Trinajstić information content (AvgIpc) is 3.57. The number of amides is 3. The van der Waals surface area contributed by atoms with Gasteiger partial charge in [0, 0.05) is 47.4 Å². The number of fused-ring (bicyclic) bond motifs is 1. The smallest absolute Gasteiger partial charge is 0.250 e. The van der Waals surface area contributed by atoms with Crippen LogP contribution in [0.1, 0.15) is 24.0 Å². The number of aromatic nitrogens is 1. The number of nitrogens with two attached hydrogens (primary N) is 1. The van der Waals surface area contributed by atoms with Crippen molar-refractivity contribution in [2.75, 3.05) is 37.7 Å². The fourth-order valence-corrected chi connectivity index (χ4v) is 6.65. The van der Waals surface area contributed by atoms with Crippen LogP contribution in [-0.2, 0) is 27.2 Å². The first kappa shape index (κ1) is 29.7. The second kappa shape index (κ2) is 12.7. The van der Waals surface area contributed by atoms with Crippen LogP contribution in [0, 0.1) is 0 Å². The highest BCUT2D eigenvalue weighted by molar-refractivity contribution is 6.30. The van der Waals surface area contributed by atoms with Crippen LogP contribution in [0.25, 0.3) is 10.9 Å². The van der Waals surface area contributed by atoms with Crippen LogP contribution < -0.4 is 16.0 Å². The molecule has 4 aromatic rings. The Bertz CT molecular complexity index is 1630. The SMILES string of the molecule is N[C@H](Cc1ccc(Cl)cc1)C(=O)N1CCC2(CC1)C(=O)N(CC(=O)NCCc1c[nH]c3ccccc13)CN2c1ccccc1. The minimum absolute atomic E-state index is 0.0214. The van der Waals surface area contributed by atoms with Crippen molar-refractivity contribution in [2.24, 2.45) is 5.73 Å². The first-order valence-corrected chi connectivity index (χ1v) is 15.4.